The fourth-order valence-corrected chi connectivity index (χ4v) is 6.49. The Morgan fingerprint density at radius 1 is 1.10 bits per heavy atom. The van der Waals surface area contributed by atoms with E-state index in [1.165, 1.54) is 28.6 Å². The first-order valence-corrected chi connectivity index (χ1v) is 14.4. The molecule has 0 bridgehead atoms. The molecule has 4 rings (SSSR count). The molecule has 2 fully saturated rings. The molecule has 2 saturated heterocycles. The van der Waals surface area contributed by atoms with Gasteiger partial charge in [-0.15, -0.1) is 0 Å². The molecular weight excluding hydrogens is 526 g/mol. The Bertz CT molecular complexity index is 1200. The summed E-state index contributed by atoms with van der Waals surface area (Å²) in [6.07, 6.45) is -4.01. The minimum atomic E-state index is -3.96. The van der Waals surface area contributed by atoms with Crippen LogP contribution in [0.5, 0.6) is 0 Å². The molecule has 6 atom stereocenters. The first-order chi connectivity index (χ1) is 18.5. The first kappa shape index (κ1) is 29.2. The average Bonchev–Trinajstić information content (AvgIpc) is 3.46. The lowest BCUT2D eigenvalue weighted by molar-refractivity contribution is -0.0911. The zero-order valence-electron chi connectivity index (χ0n) is 22.0. The number of carbonyl (C=O) groups excluding carboxylic acids is 1. The third-order valence-corrected chi connectivity index (χ3v) is 8.69. The van der Waals surface area contributed by atoms with E-state index in [2.05, 4.69) is 5.32 Å². The van der Waals surface area contributed by atoms with Crippen molar-refractivity contribution in [2.75, 3.05) is 32.0 Å². The monoisotopic (exact) mass is 563 g/mol. The number of fused-ring (bicyclic) bond motifs is 1. The van der Waals surface area contributed by atoms with Crippen molar-refractivity contribution in [1.82, 2.24) is 9.62 Å². The molecule has 2 aromatic carbocycles. The van der Waals surface area contributed by atoms with Gasteiger partial charge in [-0.05, 0) is 42.2 Å². The number of nitrogens with two attached hydrogens (primary N) is 1. The van der Waals surface area contributed by atoms with E-state index in [-0.39, 0.29) is 43.5 Å². The van der Waals surface area contributed by atoms with Crippen molar-refractivity contribution in [2.45, 2.75) is 55.8 Å². The maximum absolute atomic E-state index is 13.5. The summed E-state index contributed by atoms with van der Waals surface area (Å²) in [6, 6.07) is 14.2. The Hall–Kier alpha value is -2.74. The number of nitrogens with zero attached hydrogens (tertiary/aromatic N) is 1. The number of sulfonamides is 1. The number of ether oxygens (including phenoxy) is 3. The van der Waals surface area contributed by atoms with Crippen molar-refractivity contribution in [1.29, 1.82) is 0 Å². The summed E-state index contributed by atoms with van der Waals surface area (Å²) in [4.78, 5) is 13.0. The van der Waals surface area contributed by atoms with E-state index in [0.29, 0.717) is 5.69 Å². The summed E-state index contributed by atoms with van der Waals surface area (Å²) in [7, 11) is -3.96. The van der Waals surface area contributed by atoms with E-state index < -0.39 is 52.7 Å². The van der Waals surface area contributed by atoms with E-state index in [1.807, 2.05) is 44.2 Å². The molecule has 0 aliphatic carbocycles. The summed E-state index contributed by atoms with van der Waals surface area (Å²) in [5.41, 5.74) is 7.00. The molecule has 0 saturated carbocycles. The molecular formula is C27H37N3O8S. The van der Waals surface area contributed by atoms with Gasteiger partial charge in [-0.2, -0.15) is 4.31 Å². The minimum absolute atomic E-state index is 0.0263. The number of aliphatic hydroxyl groups excluding tert-OH is 2. The topological polar surface area (TPSA) is 161 Å². The Kier molecular flexibility index (Phi) is 9.47. The summed E-state index contributed by atoms with van der Waals surface area (Å²) >= 11 is 0. The highest BCUT2D eigenvalue weighted by molar-refractivity contribution is 7.89. The number of nitrogens with one attached hydrogen (secondary N) is 1. The second-order valence-electron chi connectivity index (χ2n) is 10.4. The second-order valence-corrected chi connectivity index (χ2v) is 12.4. The van der Waals surface area contributed by atoms with Crippen molar-refractivity contribution in [3.05, 3.63) is 60.2 Å². The maximum Gasteiger partial charge on any atom is 0.407 e. The number of hydrogen-bond acceptors (Lipinski definition) is 9. The number of aliphatic hydroxyl groups is 2. The molecule has 11 nitrogen and oxygen atoms in total. The summed E-state index contributed by atoms with van der Waals surface area (Å²) < 4.78 is 44.6. The van der Waals surface area contributed by atoms with E-state index in [0.717, 1.165) is 5.56 Å². The van der Waals surface area contributed by atoms with Crippen LogP contribution in [0.3, 0.4) is 0 Å². The molecule has 2 aromatic rings. The van der Waals surface area contributed by atoms with Crippen LogP contribution in [0.25, 0.3) is 0 Å². The normalized spacial score (nSPS) is 24.5. The average molecular weight is 564 g/mol. The van der Waals surface area contributed by atoms with Crippen LogP contribution in [0.15, 0.2) is 59.5 Å². The molecule has 0 spiro atoms. The second kappa shape index (κ2) is 12.6. The molecule has 1 amide bonds. The highest BCUT2D eigenvalue weighted by Gasteiger charge is 2.49. The highest BCUT2D eigenvalue weighted by Crippen LogP contribution is 2.33. The predicted octanol–water partition coefficient (Wildman–Crippen LogP) is 1.35. The molecule has 39 heavy (non-hydrogen) atoms. The third-order valence-electron chi connectivity index (χ3n) is 6.85. The number of alkyl carbamates (subject to hydrolysis) is 1. The highest BCUT2D eigenvalue weighted by atomic mass is 32.2. The molecule has 5 N–H and O–H groups in total. The Morgan fingerprint density at radius 2 is 1.77 bits per heavy atom. The van der Waals surface area contributed by atoms with Crippen LogP contribution in [0.4, 0.5) is 10.5 Å². The van der Waals surface area contributed by atoms with Gasteiger partial charge in [0.2, 0.25) is 10.0 Å². The van der Waals surface area contributed by atoms with Crippen molar-refractivity contribution < 1.29 is 37.6 Å². The van der Waals surface area contributed by atoms with Crippen molar-refractivity contribution >= 4 is 21.8 Å². The molecule has 2 heterocycles. The van der Waals surface area contributed by atoms with E-state index in [9.17, 15) is 23.4 Å². The lowest BCUT2D eigenvalue weighted by Crippen LogP contribution is -2.52. The van der Waals surface area contributed by atoms with Gasteiger partial charge in [0, 0.05) is 18.8 Å². The van der Waals surface area contributed by atoms with Gasteiger partial charge < -0.3 is 35.5 Å². The van der Waals surface area contributed by atoms with Gasteiger partial charge in [-0.1, -0.05) is 44.2 Å². The van der Waals surface area contributed by atoms with Crippen molar-refractivity contribution in [3.8, 4) is 0 Å². The molecule has 2 aliphatic rings. The van der Waals surface area contributed by atoms with Gasteiger partial charge in [0.25, 0.3) is 0 Å². The lowest BCUT2D eigenvalue weighted by atomic mass is 10.0. The lowest BCUT2D eigenvalue weighted by Gasteiger charge is -2.31. The van der Waals surface area contributed by atoms with E-state index in [4.69, 9.17) is 19.9 Å². The first-order valence-electron chi connectivity index (χ1n) is 13.0. The van der Waals surface area contributed by atoms with Crippen LogP contribution in [-0.4, -0.2) is 86.0 Å². The molecule has 2 aliphatic heterocycles. The Labute approximate surface area is 228 Å². The largest absolute Gasteiger partial charge is 0.443 e. The minimum Gasteiger partial charge on any atom is -0.443 e. The number of anilines is 1. The maximum atomic E-state index is 13.5. The molecule has 0 aromatic heterocycles. The van der Waals surface area contributed by atoms with Gasteiger partial charge in [-0.25, -0.2) is 13.2 Å². The molecule has 214 valence electrons. The molecule has 1 unspecified atom stereocenters. The number of rotatable bonds is 11. The summed E-state index contributed by atoms with van der Waals surface area (Å²) in [5, 5.41) is 24.2. The van der Waals surface area contributed by atoms with Crippen LogP contribution in [0, 0.1) is 11.8 Å². The van der Waals surface area contributed by atoms with E-state index in [1.54, 1.807) is 0 Å². The van der Waals surface area contributed by atoms with Crippen LogP contribution >= 0.6 is 0 Å². The fraction of sp³-hybridized carbons (Fsp3) is 0.519. The standard InChI is InChI=1S/C27H37N3O8S/c1-17(2)13-30(39(34,35)20-10-8-19(28)9-11-20)14-22(31)21(12-18-6-4-3-5-7-18)29-27(33)38-24-16-37-26-25(24)23(32)15-36-26/h3-11,17,21-26,31-32H,12-16,28H2,1-2H3,(H,29,33)/t21-,22+,23-,24?,25-,26+/m0/s1. The third kappa shape index (κ3) is 7.27. The quantitative estimate of drug-likeness (QED) is 0.296. The van der Waals surface area contributed by atoms with Crippen LogP contribution in [0.1, 0.15) is 19.4 Å². The zero-order valence-corrected chi connectivity index (χ0v) is 22.9. The zero-order chi connectivity index (χ0) is 28.2. The molecule has 0 radical (unpaired) electrons. The number of benzene rings is 2. The van der Waals surface area contributed by atoms with Crippen LogP contribution in [-0.2, 0) is 30.7 Å². The Morgan fingerprint density at radius 3 is 2.44 bits per heavy atom. The van der Waals surface area contributed by atoms with Gasteiger partial charge in [0.15, 0.2) is 6.29 Å². The number of carbonyl (C=O) groups is 1. The van der Waals surface area contributed by atoms with Gasteiger partial charge in [0.1, 0.15) is 6.10 Å². The van der Waals surface area contributed by atoms with Gasteiger partial charge >= 0.3 is 6.09 Å². The SMILES string of the molecule is CC(C)CN(C[C@@H](O)[C@H](Cc1ccccc1)NC(=O)OC1CO[C@H]2OC[C@H](O)[C@@H]12)S(=O)(=O)c1ccc(N)cc1. The summed E-state index contributed by atoms with van der Waals surface area (Å²) in [5.74, 6) is -0.526. The summed E-state index contributed by atoms with van der Waals surface area (Å²) in [6.45, 7) is 3.84. The predicted molar refractivity (Wildman–Crippen MR) is 143 cm³/mol. The molecule has 12 heteroatoms. The number of amides is 1. The fourth-order valence-electron chi connectivity index (χ4n) is 4.87. The Balaban J connectivity index is 1.51. The van der Waals surface area contributed by atoms with Gasteiger partial charge in [0.05, 0.1) is 42.3 Å². The van der Waals surface area contributed by atoms with Crippen molar-refractivity contribution in [3.63, 3.8) is 0 Å². The number of hydrogen-bond donors (Lipinski definition) is 4. The van der Waals surface area contributed by atoms with E-state index >= 15 is 0 Å². The van der Waals surface area contributed by atoms with Gasteiger partial charge in [-0.3, -0.25) is 0 Å². The smallest absolute Gasteiger partial charge is 0.407 e. The van der Waals surface area contributed by atoms with Crippen molar-refractivity contribution in [2.24, 2.45) is 11.8 Å². The van der Waals surface area contributed by atoms with Crippen LogP contribution < -0.4 is 11.1 Å². The van der Waals surface area contributed by atoms with Crippen LogP contribution in [0.2, 0.25) is 0 Å². The number of nitrogen functional groups attached to an aromatic ring is 1.